The number of amides is 1. The van der Waals surface area contributed by atoms with Crippen LogP contribution in [-0.4, -0.2) is 27.8 Å². The second-order valence-corrected chi connectivity index (χ2v) is 10.9. The molecule has 162 valence electrons. The maximum absolute atomic E-state index is 12.3. The van der Waals surface area contributed by atoms with E-state index in [1.165, 1.54) is 38.5 Å². The van der Waals surface area contributed by atoms with E-state index in [9.17, 15) is 9.90 Å². The first kappa shape index (κ1) is 20.2. The molecule has 30 heavy (non-hydrogen) atoms. The molecular formula is C25H35N3O2. The lowest BCUT2D eigenvalue weighted by Crippen LogP contribution is -2.54. The van der Waals surface area contributed by atoms with E-state index < -0.39 is 0 Å². The Morgan fingerprint density at radius 1 is 1.07 bits per heavy atom. The second-order valence-electron chi connectivity index (χ2n) is 10.9. The molecule has 0 aromatic carbocycles. The minimum absolute atomic E-state index is 0.0944. The van der Waals surface area contributed by atoms with E-state index in [4.69, 9.17) is 0 Å². The Balaban J connectivity index is 1.28. The van der Waals surface area contributed by atoms with Crippen molar-refractivity contribution in [1.82, 2.24) is 10.4 Å². The maximum Gasteiger partial charge on any atom is 0.271 e. The zero-order valence-electron chi connectivity index (χ0n) is 18.3. The first-order valence-corrected chi connectivity index (χ1v) is 11.9. The number of hydrogen-bond acceptors (Lipinski definition) is 4. The summed E-state index contributed by atoms with van der Waals surface area (Å²) in [6, 6.07) is 3.43. The normalized spacial score (nSPS) is 44.1. The molecular weight excluding hydrogens is 374 g/mol. The summed E-state index contributed by atoms with van der Waals surface area (Å²) in [5, 5.41) is 15.2. The highest BCUT2D eigenvalue weighted by molar-refractivity contribution is 5.95. The summed E-state index contributed by atoms with van der Waals surface area (Å²) in [7, 11) is 0. The molecule has 1 heterocycles. The molecule has 0 aliphatic heterocycles. The Labute approximate surface area is 179 Å². The van der Waals surface area contributed by atoms with E-state index in [2.05, 4.69) is 29.4 Å². The lowest BCUT2D eigenvalue weighted by atomic mass is 9.45. The number of fused-ring (bicyclic) bond motifs is 5. The Morgan fingerprint density at radius 2 is 1.83 bits per heavy atom. The first-order chi connectivity index (χ1) is 14.4. The Kier molecular flexibility index (Phi) is 5.00. The second kappa shape index (κ2) is 7.44. The van der Waals surface area contributed by atoms with E-state index in [-0.39, 0.29) is 17.4 Å². The molecule has 7 atom stereocenters. The number of rotatable bonds is 2. The zero-order valence-corrected chi connectivity index (χ0v) is 18.3. The van der Waals surface area contributed by atoms with Gasteiger partial charge in [0.25, 0.3) is 5.91 Å². The lowest BCUT2D eigenvalue weighted by molar-refractivity contribution is -0.112. The van der Waals surface area contributed by atoms with Gasteiger partial charge >= 0.3 is 0 Å². The van der Waals surface area contributed by atoms with Crippen molar-refractivity contribution in [2.45, 2.75) is 77.7 Å². The topological polar surface area (TPSA) is 74.6 Å². The molecule has 2 N–H and O–H groups in total. The van der Waals surface area contributed by atoms with Crippen LogP contribution in [0, 0.1) is 34.5 Å². The average Bonchev–Trinajstić information content (AvgIpc) is 3.07. The van der Waals surface area contributed by atoms with Crippen LogP contribution in [0.15, 0.2) is 29.6 Å². The van der Waals surface area contributed by atoms with Crippen molar-refractivity contribution in [3.63, 3.8) is 0 Å². The highest BCUT2D eigenvalue weighted by atomic mass is 16.3. The number of aliphatic hydroxyl groups excluding tert-OH is 1. The van der Waals surface area contributed by atoms with Crippen LogP contribution >= 0.6 is 0 Å². The first-order valence-electron chi connectivity index (χ1n) is 11.9. The number of hydrazone groups is 1. The number of carbonyl (C=O) groups excluding carboxylic acids is 1. The molecule has 1 aromatic heterocycles. The number of nitrogens with one attached hydrogen (secondary N) is 1. The van der Waals surface area contributed by atoms with Crippen molar-refractivity contribution in [2.24, 2.45) is 39.6 Å². The molecule has 1 amide bonds. The van der Waals surface area contributed by atoms with Gasteiger partial charge in [0.1, 0.15) is 0 Å². The van der Waals surface area contributed by atoms with Crippen LogP contribution in [0.3, 0.4) is 0 Å². The fourth-order valence-electron chi connectivity index (χ4n) is 7.83. The van der Waals surface area contributed by atoms with Crippen molar-refractivity contribution < 1.29 is 9.90 Å². The standard InChI is InChI=1S/C25H35N3O2/c1-24-11-7-18(27-28-23(30)16-9-13-26-14-10-16)15-17(24)3-4-19-20-5-6-22(29)25(20,2)12-8-21(19)24/h9-10,13-14,17,19-22,29H,3-8,11-12,15H2,1-2H3,(H,28,30). The molecule has 4 fully saturated rings. The molecule has 0 spiro atoms. The Morgan fingerprint density at radius 3 is 2.63 bits per heavy atom. The van der Waals surface area contributed by atoms with Gasteiger partial charge in [0.05, 0.1) is 6.10 Å². The molecule has 7 unspecified atom stereocenters. The van der Waals surface area contributed by atoms with Gasteiger partial charge in [0.2, 0.25) is 0 Å². The van der Waals surface area contributed by atoms with Crippen LogP contribution in [0.5, 0.6) is 0 Å². The van der Waals surface area contributed by atoms with Gasteiger partial charge in [-0.3, -0.25) is 9.78 Å². The molecule has 5 heteroatoms. The van der Waals surface area contributed by atoms with Crippen LogP contribution in [0.25, 0.3) is 0 Å². The lowest BCUT2D eigenvalue weighted by Gasteiger charge is -2.60. The molecule has 4 aliphatic carbocycles. The number of carbonyl (C=O) groups is 1. The minimum atomic E-state index is -0.159. The third-order valence-electron chi connectivity index (χ3n) is 9.71. The fraction of sp³-hybridized carbons (Fsp3) is 0.720. The van der Waals surface area contributed by atoms with Gasteiger partial charge in [-0.2, -0.15) is 5.10 Å². The van der Waals surface area contributed by atoms with Crippen LogP contribution in [0.4, 0.5) is 0 Å². The summed E-state index contributed by atoms with van der Waals surface area (Å²) < 4.78 is 0. The van der Waals surface area contributed by atoms with Crippen LogP contribution in [0.1, 0.15) is 82.0 Å². The van der Waals surface area contributed by atoms with Crippen LogP contribution in [0.2, 0.25) is 0 Å². The van der Waals surface area contributed by atoms with Crippen LogP contribution in [-0.2, 0) is 0 Å². The molecule has 4 saturated carbocycles. The monoisotopic (exact) mass is 409 g/mol. The smallest absolute Gasteiger partial charge is 0.271 e. The van der Waals surface area contributed by atoms with E-state index in [1.807, 2.05) is 0 Å². The molecule has 5 rings (SSSR count). The number of hydrogen-bond donors (Lipinski definition) is 2. The van der Waals surface area contributed by atoms with E-state index in [0.29, 0.717) is 22.8 Å². The molecule has 4 aliphatic rings. The minimum Gasteiger partial charge on any atom is -0.393 e. The largest absolute Gasteiger partial charge is 0.393 e. The highest BCUT2D eigenvalue weighted by Gasteiger charge is 2.59. The molecule has 5 nitrogen and oxygen atoms in total. The molecule has 0 saturated heterocycles. The number of pyridine rings is 1. The third-order valence-corrected chi connectivity index (χ3v) is 9.71. The van der Waals surface area contributed by atoms with Crippen LogP contribution < -0.4 is 5.43 Å². The van der Waals surface area contributed by atoms with E-state index in [0.717, 1.165) is 36.8 Å². The van der Waals surface area contributed by atoms with E-state index in [1.54, 1.807) is 24.5 Å². The van der Waals surface area contributed by atoms with Gasteiger partial charge in [-0.25, -0.2) is 5.43 Å². The number of aliphatic hydroxyl groups is 1. The summed E-state index contributed by atoms with van der Waals surface area (Å²) in [5.74, 6) is 2.78. The Hall–Kier alpha value is -1.75. The molecule has 1 aromatic rings. The predicted molar refractivity (Wildman–Crippen MR) is 117 cm³/mol. The van der Waals surface area contributed by atoms with Gasteiger partial charge in [0, 0.05) is 23.7 Å². The van der Waals surface area contributed by atoms with Crippen molar-refractivity contribution in [1.29, 1.82) is 0 Å². The summed E-state index contributed by atoms with van der Waals surface area (Å²) >= 11 is 0. The van der Waals surface area contributed by atoms with Crippen molar-refractivity contribution >= 4 is 11.6 Å². The summed E-state index contributed by atoms with van der Waals surface area (Å²) in [4.78, 5) is 16.3. The Bertz CT molecular complexity index is 840. The van der Waals surface area contributed by atoms with Gasteiger partial charge in [0.15, 0.2) is 0 Å². The summed E-state index contributed by atoms with van der Waals surface area (Å²) in [6.45, 7) is 4.89. The van der Waals surface area contributed by atoms with E-state index >= 15 is 0 Å². The molecule has 0 radical (unpaired) electrons. The van der Waals surface area contributed by atoms with Gasteiger partial charge in [-0.15, -0.1) is 0 Å². The summed E-state index contributed by atoms with van der Waals surface area (Å²) in [5.41, 5.74) is 5.05. The van der Waals surface area contributed by atoms with Crippen molar-refractivity contribution in [3.8, 4) is 0 Å². The predicted octanol–water partition coefficient (Wildman–Crippen LogP) is 4.57. The van der Waals surface area contributed by atoms with Gasteiger partial charge in [-0.05, 0) is 104 Å². The van der Waals surface area contributed by atoms with Gasteiger partial charge < -0.3 is 5.11 Å². The average molecular weight is 410 g/mol. The zero-order chi connectivity index (χ0) is 20.9. The maximum atomic E-state index is 12.3. The fourth-order valence-corrected chi connectivity index (χ4v) is 7.83. The quantitative estimate of drug-likeness (QED) is 0.703. The third kappa shape index (κ3) is 3.12. The number of nitrogens with zero attached hydrogens (tertiary/aromatic N) is 2. The number of aromatic nitrogens is 1. The molecule has 0 bridgehead atoms. The summed E-state index contributed by atoms with van der Waals surface area (Å²) in [6.07, 6.45) is 13.6. The van der Waals surface area contributed by atoms with Gasteiger partial charge in [-0.1, -0.05) is 13.8 Å². The van der Waals surface area contributed by atoms with Crippen molar-refractivity contribution in [2.75, 3.05) is 0 Å². The van der Waals surface area contributed by atoms with Crippen molar-refractivity contribution in [3.05, 3.63) is 30.1 Å². The highest BCUT2D eigenvalue weighted by Crippen LogP contribution is 2.65. The SMILES string of the molecule is CC12CCC3C(CCC4CC(=NNC(=O)c5ccncc5)CCC43C)C1CCC2O.